The lowest BCUT2D eigenvalue weighted by Gasteiger charge is -2.32. The Morgan fingerprint density at radius 1 is 1.27 bits per heavy atom. The van der Waals surface area contributed by atoms with Crippen LogP contribution >= 0.6 is 0 Å². The molecule has 8 heteroatoms. The van der Waals surface area contributed by atoms with Gasteiger partial charge in [0.1, 0.15) is 0 Å². The van der Waals surface area contributed by atoms with Crippen LogP contribution in [0.4, 0.5) is 5.95 Å². The first kappa shape index (κ1) is 20.0. The molecule has 0 aliphatic carbocycles. The number of nitrogens with zero attached hydrogens (tertiary/aromatic N) is 5. The van der Waals surface area contributed by atoms with Crippen molar-refractivity contribution in [1.82, 2.24) is 25.0 Å². The van der Waals surface area contributed by atoms with Gasteiger partial charge in [-0.25, -0.2) is 9.97 Å². The van der Waals surface area contributed by atoms with Gasteiger partial charge in [0, 0.05) is 49.7 Å². The van der Waals surface area contributed by atoms with Crippen LogP contribution in [-0.2, 0) is 0 Å². The maximum absolute atomic E-state index is 12.7. The molecule has 1 aliphatic rings. The van der Waals surface area contributed by atoms with Crippen LogP contribution in [0.25, 0.3) is 11.3 Å². The Morgan fingerprint density at radius 2 is 2.07 bits per heavy atom. The second-order valence-corrected chi connectivity index (χ2v) is 7.93. The van der Waals surface area contributed by atoms with E-state index in [2.05, 4.69) is 34.3 Å². The fraction of sp³-hybridized carbons (Fsp3) is 0.409. The lowest BCUT2D eigenvalue weighted by Crippen LogP contribution is -2.38. The van der Waals surface area contributed by atoms with E-state index in [9.17, 15) is 4.79 Å². The van der Waals surface area contributed by atoms with E-state index >= 15 is 0 Å². The highest BCUT2D eigenvalue weighted by molar-refractivity contribution is 5.93. The fourth-order valence-corrected chi connectivity index (χ4v) is 3.74. The zero-order valence-corrected chi connectivity index (χ0v) is 17.5. The molecule has 4 heterocycles. The van der Waals surface area contributed by atoms with Crippen molar-refractivity contribution in [3.8, 4) is 11.3 Å². The Morgan fingerprint density at radius 3 is 2.70 bits per heavy atom. The summed E-state index contributed by atoms with van der Waals surface area (Å²) in [5.74, 6) is 1.51. The number of rotatable bonds is 5. The third kappa shape index (κ3) is 4.32. The van der Waals surface area contributed by atoms with Gasteiger partial charge < -0.3 is 14.7 Å². The Bertz CT molecular complexity index is 1010. The monoisotopic (exact) mass is 406 g/mol. The van der Waals surface area contributed by atoms with Crippen LogP contribution in [0.15, 0.2) is 41.3 Å². The quantitative estimate of drug-likeness (QED) is 0.690. The Kier molecular flexibility index (Phi) is 5.74. The molecule has 0 unspecified atom stereocenters. The van der Waals surface area contributed by atoms with Gasteiger partial charge in [-0.2, -0.15) is 0 Å². The van der Waals surface area contributed by atoms with Crippen molar-refractivity contribution in [2.75, 3.05) is 18.4 Å². The molecule has 1 N–H and O–H groups in total. The third-order valence-electron chi connectivity index (χ3n) is 5.21. The van der Waals surface area contributed by atoms with Crippen molar-refractivity contribution in [3.63, 3.8) is 0 Å². The van der Waals surface area contributed by atoms with Gasteiger partial charge in [0.25, 0.3) is 5.91 Å². The van der Waals surface area contributed by atoms with Crippen LogP contribution in [0.1, 0.15) is 54.4 Å². The molecule has 0 bridgehead atoms. The number of anilines is 1. The molecule has 156 valence electrons. The summed E-state index contributed by atoms with van der Waals surface area (Å²) >= 11 is 0. The predicted octanol–water partition coefficient (Wildman–Crippen LogP) is 3.68. The third-order valence-corrected chi connectivity index (χ3v) is 5.21. The predicted molar refractivity (Wildman–Crippen MR) is 113 cm³/mol. The summed E-state index contributed by atoms with van der Waals surface area (Å²) in [5, 5.41) is 7.29. The first-order valence-electron chi connectivity index (χ1n) is 10.3. The number of hydrogen-bond acceptors (Lipinski definition) is 7. The van der Waals surface area contributed by atoms with E-state index in [1.54, 1.807) is 30.7 Å². The molecule has 0 saturated carbocycles. The smallest absolute Gasteiger partial charge is 0.255 e. The zero-order chi connectivity index (χ0) is 21.1. The first-order chi connectivity index (χ1) is 14.5. The molecule has 1 amide bonds. The molecule has 3 aromatic rings. The lowest BCUT2D eigenvalue weighted by molar-refractivity contribution is 0.0711. The molecule has 8 nitrogen and oxygen atoms in total. The SMILES string of the molecule is Cc1cc(-c2cnc(NC(C)C)nc2C2CCN(C(=O)c3cccnc3)CC2)on1. The number of carbonyl (C=O) groups excluding carboxylic acids is 1. The molecular weight excluding hydrogens is 380 g/mol. The molecule has 1 aliphatic heterocycles. The van der Waals surface area contributed by atoms with Gasteiger partial charge in [0.2, 0.25) is 5.95 Å². The van der Waals surface area contributed by atoms with Crippen molar-refractivity contribution >= 4 is 11.9 Å². The minimum atomic E-state index is 0.0254. The molecular formula is C22H26N6O2. The van der Waals surface area contributed by atoms with Crippen LogP contribution < -0.4 is 5.32 Å². The number of piperidine rings is 1. The number of carbonyl (C=O) groups is 1. The van der Waals surface area contributed by atoms with Crippen LogP contribution in [0.2, 0.25) is 0 Å². The van der Waals surface area contributed by atoms with E-state index in [-0.39, 0.29) is 17.9 Å². The summed E-state index contributed by atoms with van der Waals surface area (Å²) < 4.78 is 5.50. The summed E-state index contributed by atoms with van der Waals surface area (Å²) in [6.45, 7) is 7.34. The molecule has 0 aromatic carbocycles. The maximum Gasteiger partial charge on any atom is 0.255 e. The number of hydrogen-bond donors (Lipinski definition) is 1. The van der Waals surface area contributed by atoms with Gasteiger partial charge in [0.15, 0.2) is 5.76 Å². The number of amides is 1. The van der Waals surface area contributed by atoms with Crippen LogP contribution in [-0.4, -0.2) is 50.0 Å². The van der Waals surface area contributed by atoms with Gasteiger partial charge >= 0.3 is 0 Å². The molecule has 3 aromatic heterocycles. The number of pyridine rings is 1. The van der Waals surface area contributed by atoms with Crippen molar-refractivity contribution in [1.29, 1.82) is 0 Å². The standard InChI is InChI=1S/C22H26N6O2/c1-14(2)25-22-24-13-18(19-11-15(3)27-30-19)20(26-22)16-6-9-28(10-7-16)21(29)17-5-4-8-23-12-17/h4-5,8,11-14,16H,6-7,9-10H2,1-3H3,(H,24,25,26). The van der Waals surface area contributed by atoms with Gasteiger partial charge in [0.05, 0.1) is 22.5 Å². The summed E-state index contributed by atoms with van der Waals surface area (Å²) in [6.07, 6.45) is 6.75. The average Bonchev–Trinajstić information content (AvgIpc) is 3.19. The van der Waals surface area contributed by atoms with Crippen molar-refractivity contribution < 1.29 is 9.32 Å². The van der Waals surface area contributed by atoms with E-state index in [1.165, 1.54) is 0 Å². The Hall–Kier alpha value is -3.29. The van der Waals surface area contributed by atoms with E-state index < -0.39 is 0 Å². The van der Waals surface area contributed by atoms with E-state index in [0.29, 0.717) is 30.4 Å². The Balaban J connectivity index is 1.56. The number of nitrogens with one attached hydrogen (secondary N) is 1. The van der Waals surface area contributed by atoms with Crippen molar-refractivity contribution in [2.45, 2.75) is 45.6 Å². The maximum atomic E-state index is 12.7. The lowest BCUT2D eigenvalue weighted by atomic mass is 9.90. The number of aryl methyl sites for hydroxylation is 1. The second-order valence-electron chi connectivity index (χ2n) is 7.93. The van der Waals surface area contributed by atoms with Gasteiger partial charge in [-0.3, -0.25) is 9.78 Å². The van der Waals surface area contributed by atoms with E-state index in [1.807, 2.05) is 17.9 Å². The number of likely N-dealkylation sites (tertiary alicyclic amines) is 1. The minimum absolute atomic E-state index is 0.0254. The van der Waals surface area contributed by atoms with Gasteiger partial charge in [-0.15, -0.1) is 0 Å². The first-order valence-corrected chi connectivity index (χ1v) is 10.3. The zero-order valence-electron chi connectivity index (χ0n) is 17.5. The normalized spacial score (nSPS) is 14.9. The molecule has 4 rings (SSSR count). The molecule has 1 saturated heterocycles. The summed E-state index contributed by atoms with van der Waals surface area (Å²) in [7, 11) is 0. The molecule has 0 radical (unpaired) electrons. The average molecular weight is 406 g/mol. The topological polar surface area (TPSA) is 97.0 Å². The highest BCUT2D eigenvalue weighted by Crippen LogP contribution is 2.35. The van der Waals surface area contributed by atoms with Gasteiger partial charge in [-0.05, 0) is 45.7 Å². The van der Waals surface area contributed by atoms with Crippen LogP contribution in [0.3, 0.4) is 0 Å². The Labute approximate surface area is 175 Å². The summed E-state index contributed by atoms with van der Waals surface area (Å²) in [5.41, 5.74) is 3.25. The molecule has 0 atom stereocenters. The summed E-state index contributed by atoms with van der Waals surface area (Å²) in [6, 6.07) is 5.73. The minimum Gasteiger partial charge on any atom is -0.356 e. The summed E-state index contributed by atoms with van der Waals surface area (Å²) in [4.78, 5) is 28.0. The molecule has 0 spiro atoms. The fourth-order valence-electron chi connectivity index (χ4n) is 3.74. The van der Waals surface area contributed by atoms with Crippen molar-refractivity contribution in [2.24, 2.45) is 0 Å². The van der Waals surface area contributed by atoms with Gasteiger partial charge in [-0.1, -0.05) is 5.16 Å². The van der Waals surface area contributed by atoms with Crippen LogP contribution in [0.5, 0.6) is 0 Å². The van der Waals surface area contributed by atoms with E-state index in [4.69, 9.17) is 9.51 Å². The second kappa shape index (κ2) is 8.61. The highest BCUT2D eigenvalue weighted by Gasteiger charge is 2.28. The largest absolute Gasteiger partial charge is 0.356 e. The molecule has 1 fully saturated rings. The van der Waals surface area contributed by atoms with Crippen LogP contribution in [0, 0.1) is 6.92 Å². The number of aromatic nitrogens is 4. The molecule has 30 heavy (non-hydrogen) atoms. The van der Waals surface area contributed by atoms with E-state index in [0.717, 1.165) is 29.8 Å². The van der Waals surface area contributed by atoms with Crippen molar-refractivity contribution in [3.05, 3.63) is 53.7 Å². The highest BCUT2D eigenvalue weighted by atomic mass is 16.5.